The molecular weight excluding hydrogens is 404 g/mol. The third-order valence-corrected chi connectivity index (χ3v) is 6.06. The summed E-state index contributed by atoms with van der Waals surface area (Å²) in [5.74, 6) is 1.56. The fourth-order valence-electron chi connectivity index (χ4n) is 4.47. The van der Waals surface area contributed by atoms with Crippen LogP contribution in [-0.2, 0) is 4.79 Å². The van der Waals surface area contributed by atoms with Crippen molar-refractivity contribution in [2.75, 3.05) is 32.6 Å². The zero-order chi connectivity index (χ0) is 22.7. The van der Waals surface area contributed by atoms with Crippen molar-refractivity contribution in [3.8, 4) is 17.2 Å². The van der Waals surface area contributed by atoms with Crippen molar-refractivity contribution in [2.45, 2.75) is 32.7 Å². The van der Waals surface area contributed by atoms with E-state index in [1.165, 1.54) is 0 Å². The zero-order valence-corrected chi connectivity index (χ0v) is 19.1. The van der Waals surface area contributed by atoms with Gasteiger partial charge in [0.1, 0.15) is 11.5 Å². The average molecular weight is 435 g/mol. The van der Waals surface area contributed by atoms with Gasteiger partial charge < -0.3 is 14.8 Å². The molecule has 1 N–H and O–H groups in total. The lowest BCUT2D eigenvalue weighted by Crippen LogP contribution is -2.33. The maximum absolute atomic E-state index is 13.0. The van der Waals surface area contributed by atoms with E-state index < -0.39 is 0 Å². The molecule has 1 atom stereocenters. The Morgan fingerprint density at radius 1 is 1.12 bits per heavy atom. The van der Waals surface area contributed by atoms with Crippen molar-refractivity contribution >= 4 is 11.6 Å². The minimum Gasteiger partial charge on any atom is -0.497 e. The zero-order valence-electron chi connectivity index (χ0n) is 19.1. The molecule has 1 aliphatic rings. The number of anilines is 1. The lowest BCUT2D eigenvalue weighted by molar-refractivity contribution is -0.117. The van der Waals surface area contributed by atoms with Gasteiger partial charge in [0.15, 0.2) is 0 Å². The van der Waals surface area contributed by atoms with Crippen LogP contribution in [-0.4, -0.2) is 47.9 Å². The van der Waals surface area contributed by atoms with Gasteiger partial charge >= 0.3 is 0 Å². The summed E-state index contributed by atoms with van der Waals surface area (Å²) >= 11 is 0. The van der Waals surface area contributed by atoms with Gasteiger partial charge in [0.25, 0.3) is 0 Å². The third kappa shape index (κ3) is 4.34. The first-order valence-electron chi connectivity index (χ1n) is 10.9. The quantitative estimate of drug-likeness (QED) is 0.601. The molecule has 2 heterocycles. The normalized spacial score (nSPS) is 16.2. The minimum atomic E-state index is -0.0439. The number of nitrogens with one attached hydrogen (secondary N) is 1. The molecule has 1 saturated heterocycles. The van der Waals surface area contributed by atoms with E-state index in [1.807, 2.05) is 67.1 Å². The van der Waals surface area contributed by atoms with Crippen molar-refractivity contribution in [1.82, 2.24) is 14.7 Å². The Hall–Kier alpha value is -3.32. The number of carbonyl (C=O) groups excluding carboxylic acids is 1. The Labute approximate surface area is 188 Å². The molecular formula is C25H30N4O3. The topological polar surface area (TPSA) is 68.6 Å². The van der Waals surface area contributed by atoms with Crippen LogP contribution in [0.15, 0.2) is 48.5 Å². The van der Waals surface area contributed by atoms with Crippen molar-refractivity contribution in [3.05, 3.63) is 65.5 Å². The molecule has 7 nitrogen and oxygen atoms in total. The minimum absolute atomic E-state index is 0.0439. The van der Waals surface area contributed by atoms with Crippen LogP contribution in [0.4, 0.5) is 5.69 Å². The van der Waals surface area contributed by atoms with Gasteiger partial charge in [-0.05, 0) is 63.6 Å². The van der Waals surface area contributed by atoms with Crippen molar-refractivity contribution in [1.29, 1.82) is 0 Å². The monoisotopic (exact) mass is 434 g/mol. The maximum atomic E-state index is 13.0. The number of carbonyl (C=O) groups is 1. The lowest BCUT2D eigenvalue weighted by atomic mass is 10.0. The summed E-state index contributed by atoms with van der Waals surface area (Å²) in [4.78, 5) is 15.2. The number of ether oxygens (including phenoxy) is 2. The number of rotatable bonds is 7. The first-order chi connectivity index (χ1) is 15.5. The second kappa shape index (κ2) is 9.44. The van der Waals surface area contributed by atoms with Gasteiger partial charge in [-0.2, -0.15) is 5.10 Å². The lowest BCUT2D eigenvalue weighted by Gasteiger charge is -2.26. The second-order valence-electron chi connectivity index (χ2n) is 8.08. The number of para-hydroxylation sites is 1. The number of methoxy groups -OCH3 is 2. The highest BCUT2D eigenvalue weighted by atomic mass is 16.5. The van der Waals surface area contributed by atoms with Gasteiger partial charge in [-0.1, -0.05) is 18.2 Å². The predicted molar refractivity (Wildman–Crippen MR) is 125 cm³/mol. The summed E-state index contributed by atoms with van der Waals surface area (Å²) < 4.78 is 12.9. The van der Waals surface area contributed by atoms with Crippen LogP contribution in [0.25, 0.3) is 5.69 Å². The van der Waals surface area contributed by atoms with E-state index in [4.69, 9.17) is 9.47 Å². The Kier molecular flexibility index (Phi) is 6.46. The van der Waals surface area contributed by atoms with Crippen LogP contribution in [0.3, 0.4) is 0 Å². The number of likely N-dealkylation sites (tertiary alicyclic amines) is 1. The Morgan fingerprint density at radius 2 is 1.91 bits per heavy atom. The Balaban J connectivity index is 1.51. The van der Waals surface area contributed by atoms with E-state index in [-0.39, 0.29) is 11.9 Å². The summed E-state index contributed by atoms with van der Waals surface area (Å²) in [6.45, 7) is 5.06. The van der Waals surface area contributed by atoms with E-state index >= 15 is 0 Å². The van der Waals surface area contributed by atoms with Gasteiger partial charge in [-0.15, -0.1) is 0 Å². The van der Waals surface area contributed by atoms with Crippen LogP contribution in [0.2, 0.25) is 0 Å². The van der Waals surface area contributed by atoms with Crippen molar-refractivity contribution in [3.63, 3.8) is 0 Å². The standard InChI is InChI=1S/C25H30N4O3/c1-17-25(18(2)29(27-17)19-9-6-5-7-10-19)26-24(30)16-28-14-8-11-22(28)21-15-20(31-3)12-13-23(21)32-4/h5-7,9-10,12-13,15,22H,8,11,14,16H2,1-4H3,(H,26,30)/t22-/m0/s1. The summed E-state index contributed by atoms with van der Waals surface area (Å²) in [6, 6.07) is 15.9. The molecule has 1 fully saturated rings. The number of hydrogen-bond acceptors (Lipinski definition) is 5. The molecule has 3 aromatic rings. The highest BCUT2D eigenvalue weighted by Crippen LogP contribution is 2.38. The first-order valence-corrected chi connectivity index (χ1v) is 10.9. The number of amides is 1. The van der Waals surface area contributed by atoms with E-state index in [9.17, 15) is 4.79 Å². The van der Waals surface area contributed by atoms with Crippen LogP contribution < -0.4 is 14.8 Å². The molecule has 168 valence electrons. The molecule has 0 spiro atoms. The van der Waals surface area contributed by atoms with Crippen molar-refractivity contribution in [2.24, 2.45) is 0 Å². The fourth-order valence-corrected chi connectivity index (χ4v) is 4.47. The van der Waals surface area contributed by atoms with E-state index in [0.717, 1.165) is 59.2 Å². The third-order valence-electron chi connectivity index (χ3n) is 6.06. The SMILES string of the molecule is COc1ccc(OC)c([C@@H]2CCCN2CC(=O)Nc2c(C)nn(-c3ccccc3)c2C)c1. The molecule has 32 heavy (non-hydrogen) atoms. The summed E-state index contributed by atoms with van der Waals surface area (Å²) in [5, 5.41) is 7.73. The van der Waals surface area contributed by atoms with E-state index in [2.05, 4.69) is 15.3 Å². The molecule has 0 unspecified atom stereocenters. The van der Waals surface area contributed by atoms with Crippen molar-refractivity contribution < 1.29 is 14.3 Å². The fraction of sp³-hybridized carbons (Fsp3) is 0.360. The highest BCUT2D eigenvalue weighted by molar-refractivity contribution is 5.93. The molecule has 0 saturated carbocycles. The maximum Gasteiger partial charge on any atom is 0.238 e. The van der Waals surface area contributed by atoms with Gasteiger partial charge in [0.2, 0.25) is 5.91 Å². The molecule has 2 aromatic carbocycles. The Morgan fingerprint density at radius 3 is 2.62 bits per heavy atom. The summed E-state index contributed by atoms with van der Waals surface area (Å²) in [6.07, 6.45) is 2.00. The highest BCUT2D eigenvalue weighted by Gasteiger charge is 2.30. The predicted octanol–water partition coefficient (Wildman–Crippen LogP) is 4.28. The van der Waals surface area contributed by atoms with Crippen LogP contribution in [0.5, 0.6) is 11.5 Å². The summed E-state index contributed by atoms with van der Waals surface area (Å²) in [7, 11) is 3.33. The molecule has 0 radical (unpaired) electrons. The average Bonchev–Trinajstić information content (AvgIpc) is 3.38. The van der Waals surface area contributed by atoms with Crippen LogP contribution >= 0.6 is 0 Å². The first kappa shape index (κ1) is 21.9. The van der Waals surface area contributed by atoms with Gasteiger partial charge in [-0.3, -0.25) is 9.69 Å². The van der Waals surface area contributed by atoms with Gasteiger partial charge in [0, 0.05) is 11.6 Å². The van der Waals surface area contributed by atoms with Gasteiger partial charge in [0.05, 0.1) is 43.5 Å². The Bertz CT molecular complexity index is 1090. The number of aryl methyl sites for hydroxylation is 1. The molecule has 4 rings (SSSR count). The smallest absolute Gasteiger partial charge is 0.238 e. The van der Waals surface area contributed by atoms with Crippen LogP contribution in [0.1, 0.15) is 35.8 Å². The molecule has 1 aromatic heterocycles. The number of aromatic nitrogens is 2. The molecule has 1 aliphatic heterocycles. The molecule has 0 bridgehead atoms. The number of benzene rings is 2. The number of nitrogens with zero attached hydrogens (tertiary/aromatic N) is 3. The second-order valence-corrected chi connectivity index (χ2v) is 8.08. The van der Waals surface area contributed by atoms with E-state index in [0.29, 0.717) is 6.54 Å². The largest absolute Gasteiger partial charge is 0.497 e. The molecule has 1 amide bonds. The number of hydrogen-bond donors (Lipinski definition) is 1. The van der Waals surface area contributed by atoms with Crippen LogP contribution in [0, 0.1) is 13.8 Å². The van der Waals surface area contributed by atoms with Gasteiger partial charge in [-0.25, -0.2) is 4.68 Å². The van der Waals surface area contributed by atoms with E-state index in [1.54, 1.807) is 14.2 Å². The summed E-state index contributed by atoms with van der Waals surface area (Å²) in [5.41, 5.74) is 4.51. The molecule has 0 aliphatic carbocycles. The molecule has 7 heteroatoms.